The van der Waals surface area contributed by atoms with Gasteiger partial charge in [0.15, 0.2) is 0 Å². The third-order valence-corrected chi connectivity index (χ3v) is 3.75. The van der Waals surface area contributed by atoms with Crippen LogP contribution in [0.5, 0.6) is 0 Å². The molecule has 0 saturated carbocycles. The van der Waals surface area contributed by atoms with Gasteiger partial charge in [0.1, 0.15) is 18.9 Å². The lowest BCUT2D eigenvalue weighted by Gasteiger charge is -2.04. The van der Waals surface area contributed by atoms with Gasteiger partial charge in [0.05, 0.1) is 18.4 Å². The highest BCUT2D eigenvalue weighted by molar-refractivity contribution is 5.55. The van der Waals surface area contributed by atoms with Crippen LogP contribution in [-0.2, 0) is 13.6 Å². The molecule has 0 aliphatic heterocycles. The predicted octanol–water partition coefficient (Wildman–Crippen LogP) is 2.43. The fourth-order valence-corrected chi connectivity index (χ4v) is 2.35. The monoisotopic (exact) mass is 279 g/mol. The molecule has 0 aliphatic carbocycles. The second-order valence-electron chi connectivity index (χ2n) is 5.35. The molecule has 3 rings (SSSR count). The molecule has 0 aliphatic rings. The van der Waals surface area contributed by atoms with Crippen molar-refractivity contribution in [3.05, 3.63) is 66.0 Å². The Labute approximate surface area is 124 Å². The van der Waals surface area contributed by atoms with Gasteiger partial charge in [0, 0.05) is 19.3 Å². The van der Waals surface area contributed by atoms with Gasteiger partial charge in [0.25, 0.3) is 5.82 Å². The van der Waals surface area contributed by atoms with E-state index in [0.717, 1.165) is 17.9 Å². The maximum absolute atomic E-state index is 4.44. The van der Waals surface area contributed by atoms with E-state index < -0.39 is 0 Å². The molecule has 0 N–H and O–H groups in total. The molecule has 0 spiro atoms. The summed E-state index contributed by atoms with van der Waals surface area (Å²) in [7, 11) is 2.06. The number of pyridine rings is 2. The van der Waals surface area contributed by atoms with Crippen molar-refractivity contribution in [2.24, 2.45) is 7.05 Å². The van der Waals surface area contributed by atoms with Crippen LogP contribution in [0.2, 0.25) is 0 Å². The first-order valence-electron chi connectivity index (χ1n) is 7.03. The second-order valence-corrected chi connectivity index (χ2v) is 5.35. The SMILES string of the molecule is Cc1ccnc(-c2cc(Cn3cc[n+](C)c3C)ccn2)c1. The standard InChI is InChI=1S/C17H19N4/c1-13-4-6-18-16(10-13)17-11-15(5-7-19-17)12-21-9-8-20(3)14(21)2/h4-11H,12H2,1-3H3/q+1. The Morgan fingerprint density at radius 1 is 1.05 bits per heavy atom. The van der Waals surface area contributed by atoms with Crippen molar-refractivity contribution in [2.75, 3.05) is 0 Å². The highest BCUT2D eigenvalue weighted by Gasteiger charge is 2.10. The van der Waals surface area contributed by atoms with Crippen LogP contribution < -0.4 is 4.57 Å². The summed E-state index contributed by atoms with van der Waals surface area (Å²) in [6.45, 7) is 5.02. The molecule has 106 valence electrons. The molecule has 4 nitrogen and oxygen atoms in total. The van der Waals surface area contributed by atoms with E-state index in [-0.39, 0.29) is 0 Å². The van der Waals surface area contributed by atoms with Gasteiger partial charge in [-0.1, -0.05) is 0 Å². The maximum Gasteiger partial charge on any atom is 0.253 e. The van der Waals surface area contributed by atoms with Crippen LogP contribution >= 0.6 is 0 Å². The topological polar surface area (TPSA) is 34.6 Å². The number of hydrogen-bond donors (Lipinski definition) is 0. The van der Waals surface area contributed by atoms with Crippen LogP contribution in [0.25, 0.3) is 11.4 Å². The van der Waals surface area contributed by atoms with E-state index >= 15 is 0 Å². The lowest BCUT2D eigenvalue weighted by atomic mass is 10.1. The van der Waals surface area contributed by atoms with E-state index in [4.69, 9.17) is 0 Å². The molecule has 0 atom stereocenters. The van der Waals surface area contributed by atoms with Crippen LogP contribution in [0, 0.1) is 13.8 Å². The minimum Gasteiger partial charge on any atom is -0.255 e. The number of aryl methyl sites for hydroxylation is 2. The first kappa shape index (κ1) is 13.5. The molecule has 0 radical (unpaired) electrons. The summed E-state index contributed by atoms with van der Waals surface area (Å²) in [5.41, 5.74) is 4.26. The molecule has 4 heteroatoms. The van der Waals surface area contributed by atoms with E-state index in [1.54, 1.807) is 0 Å². The molecule has 0 saturated heterocycles. The van der Waals surface area contributed by atoms with Crippen molar-refractivity contribution >= 4 is 0 Å². The van der Waals surface area contributed by atoms with Gasteiger partial charge >= 0.3 is 0 Å². The third kappa shape index (κ3) is 2.84. The Morgan fingerprint density at radius 2 is 1.76 bits per heavy atom. The summed E-state index contributed by atoms with van der Waals surface area (Å²) in [6, 6.07) is 8.23. The molecule has 3 aromatic rings. The van der Waals surface area contributed by atoms with E-state index in [9.17, 15) is 0 Å². The summed E-state index contributed by atoms with van der Waals surface area (Å²) in [5, 5.41) is 0. The van der Waals surface area contributed by atoms with Crippen LogP contribution in [-0.4, -0.2) is 14.5 Å². The van der Waals surface area contributed by atoms with Gasteiger partial charge in [-0.25, -0.2) is 9.13 Å². The summed E-state index contributed by atoms with van der Waals surface area (Å²) < 4.78 is 4.34. The second kappa shape index (κ2) is 5.48. The molecule has 3 heterocycles. The van der Waals surface area contributed by atoms with Crippen molar-refractivity contribution in [1.29, 1.82) is 0 Å². The number of aromatic nitrogens is 4. The molecule has 0 unspecified atom stereocenters. The largest absolute Gasteiger partial charge is 0.255 e. The molecule has 0 amide bonds. The van der Waals surface area contributed by atoms with Crippen LogP contribution in [0.4, 0.5) is 0 Å². The molecule has 0 aromatic carbocycles. The van der Waals surface area contributed by atoms with Crippen molar-refractivity contribution in [1.82, 2.24) is 14.5 Å². The predicted molar refractivity (Wildman–Crippen MR) is 81.7 cm³/mol. The fourth-order valence-electron chi connectivity index (χ4n) is 2.35. The molecule has 0 bridgehead atoms. The van der Waals surface area contributed by atoms with E-state index in [1.807, 2.05) is 18.5 Å². The van der Waals surface area contributed by atoms with Gasteiger partial charge in [-0.05, 0) is 42.3 Å². The summed E-state index contributed by atoms with van der Waals surface area (Å²) in [4.78, 5) is 8.85. The molecule has 3 aromatic heterocycles. The Balaban J connectivity index is 1.92. The summed E-state index contributed by atoms with van der Waals surface area (Å²) >= 11 is 0. The normalized spacial score (nSPS) is 10.8. The minimum atomic E-state index is 0.841. The average molecular weight is 279 g/mol. The van der Waals surface area contributed by atoms with E-state index in [0.29, 0.717) is 0 Å². The lowest BCUT2D eigenvalue weighted by molar-refractivity contribution is -0.677. The Morgan fingerprint density at radius 3 is 2.43 bits per heavy atom. The van der Waals surface area contributed by atoms with Crippen molar-refractivity contribution in [3.8, 4) is 11.4 Å². The van der Waals surface area contributed by atoms with E-state index in [1.165, 1.54) is 17.0 Å². The highest BCUT2D eigenvalue weighted by Crippen LogP contribution is 2.17. The Bertz CT molecular complexity index is 774. The van der Waals surface area contributed by atoms with Crippen LogP contribution in [0.1, 0.15) is 17.0 Å². The smallest absolute Gasteiger partial charge is 0.253 e. The molecular weight excluding hydrogens is 260 g/mol. The quantitative estimate of drug-likeness (QED) is 0.690. The highest BCUT2D eigenvalue weighted by atomic mass is 15.1. The zero-order valence-corrected chi connectivity index (χ0v) is 12.6. The Kier molecular flexibility index (Phi) is 3.52. The van der Waals surface area contributed by atoms with E-state index in [2.05, 4.69) is 70.6 Å². The zero-order valence-electron chi connectivity index (χ0n) is 12.6. The first-order chi connectivity index (χ1) is 10.1. The average Bonchev–Trinajstić information content (AvgIpc) is 2.80. The van der Waals surface area contributed by atoms with Crippen molar-refractivity contribution in [3.63, 3.8) is 0 Å². The van der Waals surface area contributed by atoms with Crippen LogP contribution in [0.3, 0.4) is 0 Å². The fraction of sp³-hybridized carbons (Fsp3) is 0.235. The van der Waals surface area contributed by atoms with Gasteiger partial charge in [-0.2, -0.15) is 0 Å². The number of nitrogens with zero attached hydrogens (tertiary/aromatic N) is 4. The van der Waals surface area contributed by atoms with Gasteiger partial charge in [-0.15, -0.1) is 0 Å². The van der Waals surface area contributed by atoms with Gasteiger partial charge in [-0.3, -0.25) is 9.97 Å². The molecular formula is C17H19N4+. The third-order valence-electron chi connectivity index (χ3n) is 3.75. The zero-order chi connectivity index (χ0) is 14.8. The van der Waals surface area contributed by atoms with Gasteiger partial charge in [0.2, 0.25) is 0 Å². The van der Waals surface area contributed by atoms with Crippen molar-refractivity contribution < 1.29 is 4.57 Å². The molecule has 21 heavy (non-hydrogen) atoms. The Hall–Kier alpha value is -2.49. The number of imidazole rings is 1. The van der Waals surface area contributed by atoms with Gasteiger partial charge < -0.3 is 0 Å². The molecule has 0 fully saturated rings. The number of rotatable bonds is 3. The number of hydrogen-bond acceptors (Lipinski definition) is 2. The minimum absolute atomic E-state index is 0.841. The summed E-state index contributed by atoms with van der Waals surface area (Å²) in [6.07, 6.45) is 7.85. The lowest BCUT2D eigenvalue weighted by Crippen LogP contribution is -2.29. The maximum atomic E-state index is 4.44. The van der Waals surface area contributed by atoms with Crippen LogP contribution in [0.15, 0.2) is 49.1 Å². The van der Waals surface area contributed by atoms with Crippen molar-refractivity contribution in [2.45, 2.75) is 20.4 Å². The first-order valence-corrected chi connectivity index (χ1v) is 7.03. The summed E-state index contributed by atoms with van der Waals surface area (Å²) in [5.74, 6) is 1.22.